The normalized spacial score (nSPS) is 22.0. The van der Waals surface area contributed by atoms with Gasteiger partial charge in [-0.15, -0.1) is 0 Å². The second kappa shape index (κ2) is 7.56. The molecule has 0 spiro atoms. The summed E-state index contributed by atoms with van der Waals surface area (Å²) in [6.07, 6.45) is 1.20. The molecule has 0 aromatic heterocycles. The van der Waals surface area contributed by atoms with Gasteiger partial charge in [0.05, 0.1) is 6.04 Å². The zero-order valence-corrected chi connectivity index (χ0v) is 15.9. The predicted octanol–water partition coefficient (Wildman–Crippen LogP) is 1.58. The molecular weight excluding hydrogens is 348 g/mol. The number of hydrogen-bond acceptors (Lipinski definition) is 4. The predicted molar refractivity (Wildman–Crippen MR) is 97.7 cm³/mol. The molecule has 146 valence electrons. The molecule has 1 aromatic carbocycles. The van der Waals surface area contributed by atoms with Gasteiger partial charge in [0.25, 0.3) is 5.91 Å². The van der Waals surface area contributed by atoms with Crippen molar-refractivity contribution in [3.8, 4) is 0 Å². The van der Waals surface area contributed by atoms with Gasteiger partial charge in [0.15, 0.2) is 0 Å². The molecule has 2 aliphatic rings. The molecule has 27 heavy (non-hydrogen) atoms. The van der Waals surface area contributed by atoms with E-state index < -0.39 is 11.5 Å². The average Bonchev–Trinajstić information content (AvgIpc) is 2.88. The first-order valence-corrected chi connectivity index (χ1v) is 9.14. The molecule has 2 fully saturated rings. The number of amides is 4. The maximum Gasteiger partial charge on any atom is 0.345 e. The standard InChI is InChI=1S/C19H26N4O4/c1-19(2,3)17(25)21-20-16(24)15-10-9-14-11-22(15)18(26)23(14)27-12-13-7-5-4-6-8-13/h4-8,14-15H,9-12H2,1-3H3,(H,20,24)(H,21,25). The molecule has 0 saturated carbocycles. The second-order valence-corrected chi connectivity index (χ2v) is 7.96. The number of hydrazine groups is 1. The van der Waals surface area contributed by atoms with Gasteiger partial charge < -0.3 is 4.90 Å². The van der Waals surface area contributed by atoms with E-state index in [1.807, 2.05) is 30.3 Å². The molecule has 8 nitrogen and oxygen atoms in total. The summed E-state index contributed by atoms with van der Waals surface area (Å²) in [4.78, 5) is 44.3. The highest BCUT2D eigenvalue weighted by Gasteiger charge is 2.48. The van der Waals surface area contributed by atoms with E-state index in [1.165, 1.54) is 9.96 Å². The summed E-state index contributed by atoms with van der Waals surface area (Å²) in [7, 11) is 0. The van der Waals surface area contributed by atoms with Crippen molar-refractivity contribution in [2.45, 2.75) is 52.3 Å². The Bertz CT molecular complexity index is 716. The average molecular weight is 374 g/mol. The number of hydroxylamine groups is 2. The summed E-state index contributed by atoms with van der Waals surface area (Å²) < 4.78 is 0. The number of urea groups is 1. The van der Waals surface area contributed by atoms with E-state index in [2.05, 4.69) is 10.9 Å². The SMILES string of the molecule is CC(C)(C)C(=O)NNC(=O)C1CCC2CN1C(=O)N2OCc1ccccc1. The lowest BCUT2D eigenvalue weighted by Crippen LogP contribution is -2.55. The van der Waals surface area contributed by atoms with Gasteiger partial charge in [0.2, 0.25) is 5.91 Å². The van der Waals surface area contributed by atoms with Crippen LogP contribution in [0.25, 0.3) is 0 Å². The van der Waals surface area contributed by atoms with Crippen LogP contribution in [0.15, 0.2) is 30.3 Å². The van der Waals surface area contributed by atoms with Gasteiger partial charge in [-0.2, -0.15) is 5.06 Å². The summed E-state index contributed by atoms with van der Waals surface area (Å²) in [5, 5.41) is 1.38. The van der Waals surface area contributed by atoms with E-state index in [1.54, 1.807) is 20.8 Å². The Hall–Kier alpha value is -2.61. The van der Waals surface area contributed by atoms with Crippen molar-refractivity contribution < 1.29 is 19.2 Å². The summed E-state index contributed by atoms with van der Waals surface area (Å²) in [5.74, 6) is -0.672. The minimum atomic E-state index is -0.615. The minimum absolute atomic E-state index is 0.0607. The Kier molecular flexibility index (Phi) is 5.36. The van der Waals surface area contributed by atoms with Crippen molar-refractivity contribution in [2.75, 3.05) is 6.54 Å². The van der Waals surface area contributed by atoms with Crippen LogP contribution >= 0.6 is 0 Å². The Morgan fingerprint density at radius 3 is 2.52 bits per heavy atom. The molecule has 2 heterocycles. The number of benzene rings is 1. The lowest BCUT2D eigenvalue weighted by atomic mass is 9.96. The van der Waals surface area contributed by atoms with E-state index >= 15 is 0 Å². The Labute approximate surface area is 158 Å². The van der Waals surface area contributed by atoms with Gasteiger partial charge in [-0.1, -0.05) is 51.1 Å². The molecule has 1 aromatic rings. The molecule has 8 heteroatoms. The first-order valence-electron chi connectivity index (χ1n) is 9.14. The first kappa shape index (κ1) is 19.2. The highest BCUT2D eigenvalue weighted by atomic mass is 16.7. The van der Waals surface area contributed by atoms with E-state index in [9.17, 15) is 14.4 Å². The number of piperidine rings is 1. The number of rotatable bonds is 4. The van der Waals surface area contributed by atoms with Crippen molar-refractivity contribution in [3.63, 3.8) is 0 Å². The van der Waals surface area contributed by atoms with Crippen LogP contribution in [0.1, 0.15) is 39.2 Å². The van der Waals surface area contributed by atoms with Crippen LogP contribution < -0.4 is 10.9 Å². The summed E-state index contributed by atoms with van der Waals surface area (Å²) >= 11 is 0. The van der Waals surface area contributed by atoms with Gasteiger partial charge in [0.1, 0.15) is 12.6 Å². The number of nitrogens with one attached hydrogen (secondary N) is 2. The highest BCUT2D eigenvalue weighted by Crippen LogP contribution is 2.30. The van der Waals surface area contributed by atoms with E-state index in [0.717, 1.165) is 5.56 Å². The fourth-order valence-electron chi connectivity index (χ4n) is 3.18. The summed E-state index contributed by atoms with van der Waals surface area (Å²) in [6, 6.07) is 8.63. The second-order valence-electron chi connectivity index (χ2n) is 7.96. The number of carbonyl (C=O) groups is 3. The van der Waals surface area contributed by atoms with Crippen LogP contribution in [0, 0.1) is 5.41 Å². The van der Waals surface area contributed by atoms with Gasteiger partial charge in [-0.3, -0.25) is 25.3 Å². The lowest BCUT2D eigenvalue weighted by Gasteiger charge is -2.29. The number of carbonyl (C=O) groups excluding carboxylic acids is 3. The molecule has 2 unspecified atom stereocenters. The quantitative estimate of drug-likeness (QED) is 0.783. The van der Waals surface area contributed by atoms with Gasteiger partial charge in [-0.05, 0) is 18.4 Å². The van der Waals surface area contributed by atoms with Gasteiger partial charge >= 0.3 is 6.03 Å². The zero-order valence-electron chi connectivity index (χ0n) is 15.9. The number of nitrogens with zero attached hydrogens (tertiary/aromatic N) is 2. The molecular formula is C19H26N4O4. The Balaban J connectivity index is 1.57. The van der Waals surface area contributed by atoms with Gasteiger partial charge in [-0.25, -0.2) is 4.79 Å². The smallest absolute Gasteiger partial charge is 0.309 e. The largest absolute Gasteiger partial charge is 0.345 e. The van der Waals surface area contributed by atoms with Crippen LogP contribution in [0.2, 0.25) is 0 Å². The Morgan fingerprint density at radius 1 is 1.15 bits per heavy atom. The van der Waals surface area contributed by atoms with E-state index in [0.29, 0.717) is 26.0 Å². The monoisotopic (exact) mass is 374 g/mol. The molecule has 3 rings (SSSR count). The molecule has 0 radical (unpaired) electrons. The van der Waals surface area contributed by atoms with E-state index in [-0.39, 0.29) is 23.9 Å². The Morgan fingerprint density at radius 2 is 1.85 bits per heavy atom. The van der Waals surface area contributed by atoms with Crippen LogP contribution in [0.5, 0.6) is 0 Å². The highest BCUT2D eigenvalue weighted by molar-refractivity contribution is 5.90. The zero-order chi connectivity index (χ0) is 19.6. The molecule has 2 N–H and O–H groups in total. The van der Waals surface area contributed by atoms with Crippen molar-refractivity contribution in [3.05, 3.63) is 35.9 Å². The van der Waals surface area contributed by atoms with Crippen molar-refractivity contribution in [1.82, 2.24) is 20.8 Å². The molecule has 4 amide bonds. The van der Waals surface area contributed by atoms with E-state index in [4.69, 9.17) is 4.84 Å². The topological polar surface area (TPSA) is 91.0 Å². The molecule has 2 bridgehead atoms. The maximum absolute atomic E-state index is 12.7. The fraction of sp³-hybridized carbons (Fsp3) is 0.526. The molecule has 2 atom stereocenters. The summed E-state index contributed by atoms with van der Waals surface area (Å²) in [6.45, 7) is 6.01. The lowest BCUT2D eigenvalue weighted by molar-refractivity contribution is -0.140. The molecule has 2 saturated heterocycles. The molecule has 2 aliphatic heterocycles. The van der Waals surface area contributed by atoms with Crippen molar-refractivity contribution in [1.29, 1.82) is 0 Å². The third-order valence-electron chi connectivity index (χ3n) is 4.82. The van der Waals surface area contributed by atoms with Crippen LogP contribution in [0.4, 0.5) is 4.79 Å². The van der Waals surface area contributed by atoms with Crippen LogP contribution in [-0.4, -0.2) is 46.4 Å². The van der Waals surface area contributed by atoms with Gasteiger partial charge in [0, 0.05) is 12.0 Å². The maximum atomic E-state index is 12.7. The minimum Gasteiger partial charge on any atom is -0.309 e. The van der Waals surface area contributed by atoms with Crippen molar-refractivity contribution in [2.24, 2.45) is 5.41 Å². The van der Waals surface area contributed by atoms with Crippen LogP contribution in [0.3, 0.4) is 0 Å². The number of hydrogen-bond donors (Lipinski definition) is 2. The summed E-state index contributed by atoms with van der Waals surface area (Å²) in [5.41, 5.74) is 5.23. The third-order valence-corrected chi connectivity index (χ3v) is 4.82. The fourth-order valence-corrected chi connectivity index (χ4v) is 3.18. The molecule has 0 aliphatic carbocycles. The number of fused-ring (bicyclic) bond motifs is 2. The van der Waals surface area contributed by atoms with Crippen molar-refractivity contribution >= 4 is 17.8 Å². The van der Waals surface area contributed by atoms with Crippen LogP contribution in [-0.2, 0) is 21.0 Å². The third kappa shape index (κ3) is 4.21. The first-order chi connectivity index (χ1) is 12.8.